The summed E-state index contributed by atoms with van der Waals surface area (Å²) in [5, 5.41) is 2.00. The largest absolute Gasteiger partial charge is 0.450 e. The summed E-state index contributed by atoms with van der Waals surface area (Å²) in [5.74, 6) is -1.56. The Morgan fingerprint density at radius 3 is 2.53 bits per heavy atom. The highest BCUT2D eigenvalue weighted by Crippen LogP contribution is 2.33. The number of sulfonamides is 1. The Hall–Kier alpha value is -1.28. The predicted octanol–water partition coefficient (Wildman–Crippen LogP) is 2.42. The van der Waals surface area contributed by atoms with Crippen molar-refractivity contribution >= 4 is 33.1 Å². The lowest BCUT2D eigenvalue weighted by molar-refractivity contribution is -0.0585. The number of anilines is 1. The molecule has 9 heteroatoms. The molecular formula is C8H4ClF3N2O2S. The maximum Gasteiger partial charge on any atom is 0.450 e. The highest BCUT2D eigenvalue weighted by Gasteiger charge is 2.41. The fourth-order valence-electron chi connectivity index (χ4n) is 1.26. The Morgan fingerprint density at radius 2 is 1.94 bits per heavy atom. The van der Waals surface area contributed by atoms with E-state index in [0.717, 1.165) is 12.1 Å². The van der Waals surface area contributed by atoms with E-state index >= 15 is 0 Å². The molecule has 1 aromatic carbocycles. The first-order valence-electron chi connectivity index (χ1n) is 4.19. The van der Waals surface area contributed by atoms with E-state index in [1.165, 1.54) is 6.07 Å². The number of hydrogen-bond donors (Lipinski definition) is 1. The predicted molar refractivity (Wildman–Crippen MR) is 55.8 cm³/mol. The molecule has 0 aliphatic carbocycles. The van der Waals surface area contributed by atoms with Crippen LogP contribution in [0.3, 0.4) is 0 Å². The molecule has 0 saturated carbocycles. The number of alkyl halides is 3. The molecule has 0 radical (unpaired) electrons. The quantitative estimate of drug-likeness (QED) is 0.796. The molecule has 0 aromatic heterocycles. The van der Waals surface area contributed by atoms with Crippen LogP contribution >= 0.6 is 11.6 Å². The minimum absolute atomic E-state index is 0.0970. The van der Waals surface area contributed by atoms with Gasteiger partial charge in [-0.1, -0.05) is 11.6 Å². The summed E-state index contributed by atoms with van der Waals surface area (Å²) in [6.45, 7) is 0. The van der Waals surface area contributed by atoms with Gasteiger partial charge in [0, 0.05) is 5.02 Å². The number of nitrogens with one attached hydrogen (secondary N) is 1. The molecule has 1 aliphatic heterocycles. The summed E-state index contributed by atoms with van der Waals surface area (Å²) in [7, 11) is -4.38. The minimum atomic E-state index is -4.86. The highest BCUT2D eigenvalue weighted by atomic mass is 35.5. The molecule has 1 N–H and O–H groups in total. The average molecular weight is 285 g/mol. The van der Waals surface area contributed by atoms with Gasteiger partial charge >= 0.3 is 6.18 Å². The zero-order valence-electron chi connectivity index (χ0n) is 7.92. The minimum Gasteiger partial charge on any atom is -0.334 e. The van der Waals surface area contributed by atoms with Gasteiger partial charge in [-0.15, -0.1) is 4.40 Å². The summed E-state index contributed by atoms with van der Waals surface area (Å²) in [4.78, 5) is -0.377. The molecule has 2 rings (SSSR count). The zero-order chi connectivity index (χ0) is 12.8. The molecule has 0 atom stereocenters. The second-order valence-corrected chi connectivity index (χ2v) is 5.19. The molecule has 1 aromatic rings. The first kappa shape index (κ1) is 12.2. The lowest BCUT2D eigenvalue weighted by Gasteiger charge is -2.19. The van der Waals surface area contributed by atoms with Crippen molar-refractivity contribution in [1.29, 1.82) is 0 Å². The van der Waals surface area contributed by atoms with Crippen LogP contribution in [-0.4, -0.2) is 20.4 Å². The zero-order valence-corrected chi connectivity index (χ0v) is 9.49. The van der Waals surface area contributed by atoms with Crippen LogP contribution in [0.2, 0.25) is 5.02 Å². The van der Waals surface area contributed by atoms with E-state index in [0.29, 0.717) is 0 Å². The molecule has 92 valence electrons. The summed E-state index contributed by atoms with van der Waals surface area (Å²) in [5.41, 5.74) is -0.197. The number of rotatable bonds is 0. The lowest BCUT2D eigenvalue weighted by atomic mass is 10.3. The molecule has 1 aliphatic rings. The Balaban J connectivity index is 2.63. The van der Waals surface area contributed by atoms with Crippen molar-refractivity contribution in [2.75, 3.05) is 5.32 Å². The second kappa shape index (κ2) is 3.61. The van der Waals surface area contributed by atoms with Gasteiger partial charge in [0.2, 0.25) is 5.84 Å². The Kier molecular flexibility index (Phi) is 2.58. The first-order chi connectivity index (χ1) is 7.70. The van der Waals surface area contributed by atoms with Crippen LogP contribution in [0.15, 0.2) is 27.5 Å². The standard InChI is InChI=1S/C8H4ClF3N2O2S/c9-4-1-2-5-6(3-4)17(15,16)14-7(13-5)8(10,11)12/h1-3H,(H,13,14). The third kappa shape index (κ3) is 2.22. The van der Waals surface area contributed by atoms with Crippen molar-refractivity contribution in [1.82, 2.24) is 0 Å². The summed E-state index contributed by atoms with van der Waals surface area (Å²) >= 11 is 5.57. The molecule has 1 heterocycles. The van der Waals surface area contributed by atoms with Crippen molar-refractivity contribution in [2.24, 2.45) is 4.40 Å². The van der Waals surface area contributed by atoms with Crippen LogP contribution in [-0.2, 0) is 10.0 Å². The van der Waals surface area contributed by atoms with E-state index in [9.17, 15) is 21.6 Å². The molecular weight excluding hydrogens is 281 g/mol. The van der Waals surface area contributed by atoms with Crippen molar-refractivity contribution in [3.05, 3.63) is 23.2 Å². The van der Waals surface area contributed by atoms with Crippen LogP contribution in [0.5, 0.6) is 0 Å². The van der Waals surface area contributed by atoms with Crippen LogP contribution in [0.25, 0.3) is 0 Å². The Bertz CT molecular complexity index is 610. The average Bonchev–Trinajstić information content (AvgIpc) is 2.16. The molecule has 0 amide bonds. The molecule has 0 spiro atoms. The Morgan fingerprint density at radius 1 is 1.29 bits per heavy atom. The van der Waals surface area contributed by atoms with Crippen LogP contribution in [0.1, 0.15) is 0 Å². The number of hydrogen-bond acceptors (Lipinski definition) is 3. The molecule has 17 heavy (non-hydrogen) atoms. The van der Waals surface area contributed by atoms with Gasteiger partial charge in [0.1, 0.15) is 4.90 Å². The number of nitrogens with zero attached hydrogens (tertiary/aromatic N) is 1. The highest BCUT2D eigenvalue weighted by molar-refractivity contribution is 7.90. The molecule has 0 unspecified atom stereocenters. The number of amidine groups is 1. The number of benzene rings is 1. The third-order valence-corrected chi connectivity index (χ3v) is 3.51. The van der Waals surface area contributed by atoms with Gasteiger partial charge in [0.05, 0.1) is 5.69 Å². The monoisotopic (exact) mass is 284 g/mol. The topological polar surface area (TPSA) is 58.5 Å². The van der Waals surface area contributed by atoms with Crippen molar-refractivity contribution < 1.29 is 21.6 Å². The van der Waals surface area contributed by atoms with Gasteiger partial charge in [-0.05, 0) is 18.2 Å². The van der Waals surface area contributed by atoms with Gasteiger partial charge in [-0.3, -0.25) is 0 Å². The molecule has 0 bridgehead atoms. The van der Waals surface area contributed by atoms with Crippen molar-refractivity contribution in [2.45, 2.75) is 11.1 Å². The molecule has 0 saturated heterocycles. The van der Waals surface area contributed by atoms with Gasteiger partial charge in [0.15, 0.2) is 0 Å². The van der Waals surface area contributed by atoms with Crippen LogP contribution in [0.4, 0.5) is 18.9 Å². The maximum atomic E-state index is 12.4. The van der Waals surface area contributed by atoms with E-state index in [1.807, 2.05) is 5.32 Å². The van der Waals surface area contributed by atoms with Crippen molar-refractivity contribution in [3.63, 3.8) is 0 Å². The summed E-state index contributed by atoms with van der Waals surface area (Å²) in [6, 6.07) is 3.47. The van der Waals surface area contributed by atoms with E-state index in [2.05, 4.69) is 4.40 Å². The second-order valence-electron chi connectivity index (χ2n) is 3.18. The molecule has 0 fully saturated rings. The van der Waals surface area contributed by atoms with Gasteiger partial charge in [-0.25, -0.2) is 0 Å². The SMILES string of the molecule is O=S1(=O)N=C(C(F)(F)F)Nc2ccc(Cl)cc21. The smallest absolute Gasteiger partial charge is 0.334 e. The fraction of sp³-hybridized carbons (Fsp3) is 0.125. The van der Waals surface area contributed by atoms with E-state index in [-0.39, 0.29) is 15.6 Å². The molecule has 4 nitrogen and oxygen atoms in total. The van der Waals surface area contributed by atoms with Crippen molar-refractivity contribution in [3.8, 4) is 0 Å². The first-order valence-corrected chi connectivity index (χ1v) is 6.01. The number of fused-ring (bicyclic) bond motifs is 1. The summed E-state index contributed by atoms with van der Waals surface area (Å²) in [6.07, 6.45) is -4.86. The normalized spacial score (nSPS) is 18.0. The van der Waals surface area contributed by atoms with E-state index < -0.39 is 22.0 Å². The third-order valence-electron chi connectivity index (χ3n) is 1.95. The maximum absolute atomic E-state index is 12.4. The van der Waals surface area contributed by atoms with Crippen LogP contribution in [0, 0.1) is 0 Å². The van der Waals surface area contributed by atoms with E-state index in [1.54, 1.807) is 0 Å². The Labute approximate surface area is 99.2 Å². The fourth-order valence-corrected chi connectivity index (χ4v) is 2.65. The van der Waals surface area contributed by atoms with Gasteiger partial charge in [0.25, 0.3) is 10.0 Å². The summed E-state index contributed by atoms with van der Waals surface area (Å²) < 4.78 is 62.8. The number of halogens is 4. The van der Waals surface area contributed by atoms with Gasteiger partial charge in [-0.2, -0.15) is 21.6 Å². The lowest BCUT2D eigenvalue weighted by Crippen LogP contribution is -2.34. The van der Waals surface area contributed by atoms with E-state index in [4.69, 9.17) is 11.6 Å². The van der Waals surface area contributed by atoms with Gasteiger partial charge < -0.3 is 5.32 Å². The van der Waals surface area contributed by atoms with Crippen LogP contribution < -0.4 is 5.32 Å².